The molecule has 0 atom stereocenters. The maximum Gasteiger partial charge on any atom is 0.220 e. The van der Waals surface area contributed by atoms with Crippen LogP contribution in [-0.2, 0) is 4.79 Å². The molecule has 0 spiro atoms. The zero-order valence-corrected chi connectivity index (χ0v) is 9.12. The maximum absolute atomic E-state index is 10.8. The third-order valence-electron chi connectivity index (χ3n) is 1.39. The molecular weight excluding hydrogens is 279 g/mol. The molecule has 0 bridgehead atoms. The van der Waals surface area contributed by atoms with Crippen LogP contribution in [0.3, 0.4) is 0 Å². The molecule has 0 saturated carbocycles. The van der Waals surface area contributed by atoms with Gasteiger partial charge in [0.25, 0.3) is 0 Å². The van der Waals surface area contributed by atoms with Crippen molar-refractivity contribution in [3.8, 4) is 0 Å². The van der Waals surface area contributed by atoms with E-state index in [4.69, 9.17) is 6.57 Å². The number of rotatable bonds is 1. The van der Waals surface area contributed by atoms with Gasteiger partial charge in [0.15, 0.2) is 0 Å². The number of halogens is 1. The predicted molar refractivity (Wildman–Crippen MR) is 59.7 cm³/mol. The van der Waals surface area contributed by atoms with Crippen LogP contribution in [0, 0.1) is 10.1 Å². The van der Waals surface area contributed by atoms with Crippen molar-refractivity contribution in [2.75, 3.05) is 5.32 Å². The molecule has 1 aromatic carbocycles. The topological polar surface area (TPSA) is 33.5 Å². The molecule has 1 rings (SSSR count). The van der Waals surface area contributed by atoms with Crippen LogP contribution in [0.25, 0.3) is 4.85 Å². The van der Waals surface area contributed by atoms with Crippen molar-refractivity contribution in [1.29, 1.82) is 0 Å². The van der Waals surface area contributed by atoms with Crippen molar-refractivity contribution in [3.63, 3.8) is 0 Å². The number of hydrogen-bond acceptors (Lipinski definition) is 1. The molecular formula is C9H7IN2O. The highest BCUT2D eigenvalue weighted by molar-refractivity contribution is 14.1. The zero-order valence-electron chi connectivity index (χ0n) is 6.97. The van der Waals surface area contributed by atoms with E-state index >= 15 is 0 Å². The van der Waals surface area contributed by atoms with Gasteiger partial charge >= 0.3 is 0 Å². The molecule has 66 valence electrons. The molecule has 0 heterocycles. The molecule has 3 nitrogen and oxygen atoms in total. The Labute approximate surface area is 90.1 Å². The quantitative estimate of drug-likeness (QED) is 0.625. The summed E-state index contributed by atoms with van der Waals surface area (Å²) in [5.74, 6) is -0.161. The summed E-state index contributed by atoms with van der Waals surface area (Å²) in [6.07, 6.45) is 0. The number of carbonyl (C=O) groups excluding carboxylic acids is 1. The van der Waals surface area contributed by atoms with Gasteiger partial charge in [0, 0.05) is 16.2 Å². The first-order chi connectivity index (χ1) is 6.13. The second kappa shape index (κ2) is 4.23. The Morgan fingerprint density at radius 3 is 2.85 bits per heavy atom. The molecule has 0 aliphatic carbocycles. The Morgan fingerprint density at radius 1 is 1.62 bits per heavy atom. The fourth-order valence-corrected chi connectivity index (χ4v) is 1.37. The van der Waals surface area contributed by atoms with Crippen molar-refractivity contribution in [2.24, 2.45) is 0 Å². The summed E-state index contributed by atoms with van der Waals surface area (Å²) in [6.45, 7) is 8.32. The predicted octanol–water partition coefficient (Wildman–Crippen LogP) is 2.80. The van der Waals surface area contributed by atoms with Crippen LogP contribution in [-0.4, -0.2) is 5.91 Å². The van der Waals surface area contributed by atoms with Gasteiger partial charge in [-0.2, -0.15) is 0 Å². The van der Waals surface area contributed by atoms with Gasteiger partial charge in [0.05, 0.1) is 6.57 Å². The van der Waals surface area contributed by atoms with Gasteiger partial charge < -0.3 is 5.32 Å². The highest BCUT2D eigenvalue weighted by atomic mass is 127. The summed E-state index contributed by atoms with van der Waals surface area (Å²) in [4.78, 5) is 14.1. The van der Waals surface area contributed by atoms with E-state index in [0.29, 0.717) is 11.4 Å². The summed E-state index contributed by atoms with van der Waals surface area (Å²) in [5.41, 5.74) is 1.05. The normalized spacial score (nSPS) is 9.00. The first-order valence-corrected chi connectivity index (χ1v) is 4.66. The van der Waals surface area contributed by atoms with Gasteiger partial charge in [0.2, 0.25) is 11.6 Å². The minimum Gasteiger partial charge on any atom is -0.336 e. The smallest absolute Gasteiger partial charge is 0.220 e. The second-order valence-electron chi connectivity index (χ2n) is 2.45. The van der Waals surface area contributed by atoms with Gasteiger partial charge in [0.1, 0.15) is 0 Å². The van der Waals surface area contributed by atoms with Crippen LogP contribution in [0.4, 0.5) is 11.4 Å². The lowest BCUT2D eigenvalue weighted by molar-refractivity contribution is -0.114. The Bertz CT molecular complexity index is 382. The summed E-state index contributed by atoms with van der Waals surface area (Å²) < 4.78 is 0.984. The Kier molecular flexibility index (Phi) is 3.25. The summed E-state index contributed by atoms with van der Waals surface area (Å²) in [5, 5.41) is 2.60. The van der Waals surface area contributed by atoms with Crippen molar-refractivity contribution in [3.05, 3.63) is 33.2 Å². The summed E-state index contributed by atoms with van der Waals surface area (Å²) in [7, 11) is 0. The second-order valence-corrected chi connectivity index (χ2v) is 3.70. The summed E-state index contributed by atoms with van der Waals surface area (Å²) in [6, 6.07) is 5.32. The van der Waals surface area contributed by atoms with Gasteiger partial charge in [-0.15, -0.1) is 0 Å². The van der Waals surface area contributed by atoms with Crippen LogP contribution in [0.1, 0.15) is 6.92 Å². The monoisotopic (exact) mass is 286 g/mol. The van der Waals surface area contributed by atoms with E-state index in [1.54, 1.807) is 12.1 Å². The van der Waals surface area contributed by atoms with E-state index < -0.39 is 0 Å². The number of nitrogens with zero attached hydrogens (tertiary/aromatic N) is 1. The SMILES string of the molecule is [C-]#[N+]c1cc(I)ccc1NC(C)=O. The fraction of sp³-hybridized carbons (Fsp3) is 0.111. The number of benzene rings is 1. The molecule has 0 aliphatic heterocycles. The van der Waals surface area contributed by atoms with Crippen molar-refractivity contribution >= 4 is 39.9 Å². The van der Waals surface area contributed by atoms with E-state index in [0.717, 1.165) is 3.57 Å². The third-order valence-corrected chi connectivity index (χ3v) is 2.06. The van der Waals surface area contributed by atoms with E-state index in [9.17, 15) is 4.79 Å². The zero-order chi connectivity index (χ0) is 9.84. The Morgan fingerprint density at radius 2 is 2.31 bits per heavy atom. The van der Waals surface area contributed by atoms with Gasteiger partial charge in [-0.3, -0.25) is 4.79 Å². The molecule has 0 aliphatic rings. The lowest BCUT2D eigenvalue weighted by Gasteiger charge is -2.04. The molecule has 0 aromatic heterocycles. The standard InChI is InChI=1S/C9H7IN2O/c1-6(13)12-8-4-3-7(10)5-9(8)11-2/h3-5H,1H3,(H,12,13). The number of hydrogen-bond donors (Lipinski definition) is 1. The van der Waals surface area contributed by atoms with E-state index in [1.807, 2.05) is 6.07 Å². The molecule has 4 heteroatoms. The highest BCUT2D eigenvalue weighted by Gasteiger charge is 2.03. The van der Waals surface area contributed by atoms with Crippen molar-refractivity contribution < 1.29 is 4.79 Å². The van der Waals surface area contributed by atoms with Crippen LogP contribution in [0.15, 0.2) is 18.2 Å². The average Bonchev–Trinajstić information content (AvgIpc) is 2.07. The molecule has 0 radical (unpaired) electrons. The molecule has 0 unspecified atom stereocenters. The van der Waals surface area contributed by atoms with E-state index in [-0.39, 0.29) is 5.91 Å². The lowest BCUT2D eigenvalue weighted by Crippen LogP contribution is -2.05. The maximum atomic E-state index is 10.8. The van der Waals surface area contributed by atoms with E-state index in [1.165, 1.54) is 6.92 Å². The molecule has 13 heavy (non-hydrogen) atoms. The minimum atomic E-state index is -0.161. The van der Waals surface area contributed by atoms with E-state index in [2.05, 4.69) is 32.8 Å². The van der Waals surface area contributed by atoms with Crippen molar-refractivity contribution in [2.45, 2.75) is 6.92 Å². The number of amides is 1. The summed E-state index contributed by atoms with van der Waals surface area (Å²) >= 11 is 2.12. The molecule has 1 amide bonds. The van der Waals surface area contributed by atoms with Gasteiger partial charge in [-0.25, -0.2) is 4.85 Å². The van der Waals surface area contributed by atoms with Crippen LogP contribution >= 0.6 is 22.6 Å². The molecule has 0 saturated heterocycles. The van der Waals surface area contributed by atoms with Crippen LogP contribution < -0.4 is 5.32 Å². The largest absolute Gasteiger partial charge is 0.336 e. The minimum absolute atomic E-state index is 0.161. The Balaban J connectivity index is 3.08. The van der Waals surface area contributed by atoms with Crippen LogP contribution in [0.5, 0.6) is 0 Å². The average molecular weight is 286 g/mol. The van der Waals surface area contributed by atoms with Crippen LogP contribution in [0.2, 0.25) is 0 Å². The number of nitrogens with one attached hydrogen (secondary N) is 1. The van der Waals surface area contributed by atoms with Gasteiger partial charge in [-0.05, 0) is 40.8 Å². The highest BCUT2D eigenvalue weighted by Crippen LogP contribution is 2.26. The fourth-order valence-electron chi connectivity index (χ4n) is 0.893. The lowest BCUT2D eigenvalue weighted by atomic mass is 10.2. The first-order valence-electron chi connectivity index (χ1n) is 3.58. The third kappa shape index (κ3) is 2.70. The molecule has 1 N–H and O–H groups in total. The Hall–Kier alpha value is -1.09. The number of anilines is 1. The number of carbonyl (C=O) groups is 1. The van der Waals surface area contributed by atoms with Crippen molar-refractivity contribution in [1.82, 2.24) is 0 Å². The van der Waals surface area contributed by atoms with Gasteiger partial charge in [-0.1, -0.05) is 0 Å². The first kappa shape index (κ1) is 9.99. The molecule has 1 aromatic rings. The molecule has 0 fully saturated rings.